The fourth-order valence-electron chi connectivity index (χ4n) is 2.14. The molecule has 0 aliphatic carbocycles. The monoisotopic (exact) mass is 353 g/mol. The number of carbonyl (C=O) groups is 1. The normalized spacial score (nSPS) is 10.9. The van der Waals surface area contributed by atoms with Gasteiger partial charge in [-0.15, -0.1) is 0 Å². The van der Waals surface area contributed by atoms with E-state index in [0.29, 0.717) is 26.3 Å². The molecule has 0 aliphatic rings. The molecule has 0 radical (unpaired) electrons. The topological polar surface area (TPSA) is 42.2 Å². The van der Waals surface area contributed by atoms with Crippen LogP contribution in [-0.2, 0) is 11.2 Å². The van der Waals surface area contributed by atoms with Gasteiger partial charge in [-0.2, -0.15) is 0 Å². The summed E-state index contributed by atoms with van der Waals surface area (Å²) < 4.78 is 5.41. The Morgan fingerprint density at radius 1 is 1.05 bits per heavy atom. The molecule has 0 fully saturated rings. The van der Waals surface area contributed by atoms with Gasteiger partial charge >= 0.3 is 0 Å². The smallest absolute Gasteiger partial charge is 0.228 e. The summed E-state index contributed by atoms with van der Waals surface area (Å²) in [5.74, 6) is -0.180. The number of rotatable bonds is 3. The van der Waals surface area contributed by atoms with Gasteiger partial charge in [0, 0.05) is 21.7 Å². The standard InChI is InChI=1S/C16H10Cl3NO2/c17-10-1-4-15-12(6-10)9(8-22-15)5-16(21)20-11-2-3-13(18)14(19)7-11/h1-4,6-8H,5H2,(H,20,21). The van der Waals surface area contributed by atoms with Gasteiger partial charge < -0.3 is 9.73 Å². The zero-order valence-corrected chi connectivity index (χ0v) is 13.5. The Bertz CT molecular complexity index is 858. The molecule has 3 nitrogen and oxygen atoms in total. The number of hydrogen-bond donors (Lipinski definition) is 1. The lowest BCUT2D eigenvalue weighted by Gasteiger charge is -2.05. The predicted molar refractivity (Wildman–Crippen MR) is 90.0 cm³/mol. The Morgan fingerprint density at radius 3 is 2.64 bits per heavy atom. The van der Waals surface area contributed by atoms with E-state index in [1.165, 1.54) is 0 Å². The van der Waals surface area contributed by atoms with Crippen molar-refractivity contribution in [2.75, 3.05) is 5.32 Å². The molecule has 3 rings (SSSR count). The lowest BCUT2D eigenvalue weighted by atomic mass is 10.1. The highest BCUT2D eigenvalue weighted by molar-refractivity contribution is 6.42. The minimum absolute atomic E-state index is 0.174. The van der Waals surface area contributed by atoms with E-state index >= 15 is 0 Å². The Balaban J connectivity index is 1.78. The van der Waals surface area contributed by atoms with Crippen molar-refractivity contribution in [3.8, 4) is 0 Å². The van der Waals surface area contributed by atoms with Crippen LogP contribution in [0.15, 0.2) is 47.1 Å². The van der Waals surface area contributed by atoms with Gasteiger partial charge in [0.25, 0.3) is 0 Å². The number of halogens is 3. The third-order valence-electron chi connectivity index (χ3n) is 3.17. The van der Waals surface area contributed by atoms with Crippen molar-refractivity contribution >= 4 is 57.4 Å². The summed E-state index contributed by atoms with van der Waals surface area (Å²) in [6, 6.07) is 10.2. The molecular formula is C16H10Cl3NO2. The second-order valence-electron chi connectivity index (χ2n) is 4.76. The number of amides is 1. The highest BCUT2D eigenvalue weighted by atomic mass is 35.5. The van der Waals surface area contributed by atoms with Gasteiger partial charge in [0.2, 0.25) is 5.91 Å². The number of fused-ring (bicyclic) bond motifs is 1. The third kappa shape index (κ3) is 3.22. The minimum atomic E-state index is -0.180. The number of benzene rings is 2. The summed E-state index contributed by atoms with van der Waals surface area (Å²) in [5, 5.41) is 5.03. The van der Waals surface area contributed by atoms with E-state index in [9.17, 15) is 4.79 Å². The summed E-state index contributed by atoms with van der Waals surface area (Å²) in [7, 11) is 0. The van der Waals surface area contributed by atoms with Gasteiger partial charge in [-0.25, -0.2) is 0 Å². The molecule has 1 N–H and O–H groups in total. The third-order valence-corrected chi connectivity index (χ3v) is 4.14. The maximum absolute atomic E-state index is 12.1. The first-order valence-electron chi connectivity index (χ1n) is 6.43. The molecule has 3 aromatic rings. The molecule has 6 heteroatoms. The highest BCUT2D eigenvalue weighted by Crippen LogP contribution is 2.27. The van der Waals surface area contributed by atoms with E-state index in [-0.39, 0.29) is 12.3 Å². The zero-order valence-electron chi connectivity index (χ0n) is 11.2. The lowest BCUT2D eigenvalue weighted by molar-refractivity contribution is -0.115. The molecule has 0 saturated carbocycles. The van der Waals surface area contributed by atoms with Crippen LogP contribution < -0.4 is 5.32 Å². The number of carbonyl (C=O) groups excluding carboxylic acids is 1. The molecule has 1 heterocycles. The molecule has 0 spiro atoms. The van der Waals surface area contributed by atoms with Gasteiger partial charge in [-0.3, -0.25) is 4.79 Å². The van der Waals surface area contributed by atoms with Crippen molar-refractivity contribution in [2.45, 2.75) is 6.42 Å². The van der Waals surface area contributed by atoms with Crippen molar-refractivity contribution in [1.82, 2.24) is 0 Å². The fourth-order valence-corrected chi connectivity index (χ4v) is 2.61. The molecule has 112 valence electrons. The molecule has 0 saturated heterocycles. The van der Waals surface area contributed by atoms with E-state index < -0.39 is 0 Å². The number of nitrogens with one attached hydrogen (secondary N) is 1. The van der Waals surface area contributed by atoms with Crippen molar-refractivity contribution in [1.29, 1.82) is 0 Å². The lowest BCUT2D eigenvalue weighted by Crippen LogP contribution is -2.14. The highest BCUT2D eigenvalue weighted by Gasteiger charge is 2.11. The molecular weight excluding hydrogens is 345 g/mol. The van der Waals surface area contributed by atoms with Gasteiger partial charge in [-0.1, -0.05) is 34.8 Å². The van der Waals surface area contributed by atoms with Crippen molar-refractivity contribution in [3.63, 3.8) is 0 Å². The van der Waals surface area contributed by atoms with Crippen molar-refractivity contribution in [3.05, 3.63) is 63.3 Å². The molecule has 22 heavy (non-hydrogen) atoms. The van der Waals surface area contributed by atoms with Crippen LogP contribution in [0.3, 0.4) is 0 Å². The first-order chi connectivity index (χ1) is 10.5. The van der Waals surface area contributed by atoms with Crippen LogP contribution in [0.5, 0.6) is 0 Å². The van der Waals surface area contributed by atoms with E-state index in [1.54, 1.807) is 42.7 Å². The molecule has 0 bridgehead atoms. The quantitative estimate of drug-likeness (QED) is 0.667. The SMILES string of the molecule is O=C(Cc1coc2ccc(Cl)cc12)Nc1ccc(Cl)c(Cl)c1. The van der Waals surface area contributed by atoms with E-state index in [2.05, 4.69) is 5.32 Å². The maximum atomic E-state index is 12.1. The Labute approximate surface area is 141 Å². The summed E-state index contributed by atoms with van der Waals surface area (Å²) in [6.45, 7) is 0. The summed E-state index contributed by atoms with van der Waals surface area (Å²) in [4.78, 5) is 12.1. The molecule has 1 aromatic heterocycles. The fraction of sp³-hybridized carbons (Fsp3) is 0.0625. The van der Waals surface area contributed by atoms with Gasteiger partial charge in [-0.05, 0) is 36.4 Å². The number of furan rings is 1. The average molecular weight is 355 g/mol. The van der Waals surface area contributed by atoms with Crippen LogP contribution in [0, 0.1) is 0 Å². The van der Waals surface area contributed by atoms with E-state index in [0.717, 1.165) is 10.9 Å². The van der Waals surface area contributed by atoms with Gasteiger partial charge in [0.05, 0.1) is 22.7 Å². The largest absolute Gasteiger partial charge is 0.464 e. The first-order valence-corrected chi connectivity index (χ1v) is 7.57. The number of hydrogen-bond acceptors (Lipinski definition) is 2. The molecule has 2 aromatic carbocycles. The predicted octanol–water partition coefficient (Wildman–Crippen LogP) is 5.57. The van der Waals surface area contributed by atoms with Crippen LogP contribution in [-0.4, -0.2) is 5.91 Å². The molecule has 0 atom stereocenters. The van der Waals surface area contributed by atoms with Crippen molar-refractivity contribution in [2.24, 2.45) is 0 Å². The van der Waals surface area contributed by atoms with Gasteiger partial charge in [0.15, 0.2) is 0 Å². The van der Waals surface area contributed by atoms with Crippen LogP contribution in [0.25, 0.3) is 11.0 Å². The summed E-state index contributed by atoms with van der Waals surface area (Å²) in [5.41, 5.74) is 2.06. The Kier molecular flexibility index (Phi) is 4.30. The molecule has 0 unspecified atom stereocenters. The number of anilines is 1. The van der Waals surface area contributed by atoms with Crippen LogP contribution >= 0.6 is 34.8 Å². The Morgan fingerprint density at radius 2 is 1.86 bits per heavy atom. The Hall–Kier alpha value is -1.68. The average Bonchev–Trinajstić information content (AvgIpc) is 2.85. The van der Waals surface area contributed by atoms with Crippen LogP contribution in [0.2, 0.25) is 15.1 Å². The van der Waals surface area contributed by atoms with Crippen molar-refractivity contribution < 1.29 is 9.21 Å². The van der Waals surface area contributed by atoms with Crippen LogP contribution in [0.1, 0.15) is 5.56 Å². The second kappa shape index (κ2) is 6.21. The van der Waals surface area contributed by atoms with E-state index in [1.807, 2.05) is 0 Å². The zero-order chi connectivity index (χ0) is 15.7. The van der Waals surface area contributed by atoms with Gasteiger partial charge in [0.1, 0.15) is 5.58 Å². The van der Waals surface area contributed by atoms with Crippen LogP contribution in [0.4, 0.5) is 5.69 Å². The first kappa shape index (κ1) is 15.2. The second-order valence-corrected chi connectivity index (χ2v) is 6.01. The molecule has 0 aliphatic heterocycles. The maximum Gasteiger partial charge on any atom is 0.228 e. The molecule has 1 amide bonds. The van der Waals surface area contributed by atoms with E-state index in [4.69, 9.17) is 39.2 Å². The summed E-state index contributed by atoms with van der Waals surface area (Å²) in [6.07, 6.45) is 1.74. The summed E-state index contributed by atoms with van der Waals surface area (Å²) >= 11 is 17.7. The minimum Gasteiger partial charge on any atom is -0.464 e.